The minimum absolute atomic E-state index is 0.00578. The van der Waals surface area contributed by atoms with Crippen LogP contribution >= 0.6 is 0 Å². The van der Waals surface area contributed by atoms with Crippen LogP contribution in [-0.4, -0.2) is 76.7 Å². The molecular formula is C21H26N4O3. The minimum Gasteiger partial charge on any atom is -0.360 e. The lowest BCUT2D eigenvalue weighted by Crippen LogP contribution is -2.50. The molecule has 0 radical (unpaired) electrons. The average Bonchev–Trinajstić information content (AvgIpc) is 3.41. The number of nitrogens with one attached hydrogen (secondary N) is 1. The van der Waals surface area contributed by atoms with Crippen LogP contribution in [0.15, 0.2) is 30.5 Å². The number of rotatable bonds is 4. The molecule has 7 nitrogen and oxygen atoms in total. The molecule has 3 heterocycles. The Morgan fingerprint density at radius 1 is 0.786 bits per heavy atom. The van der Waals surface area contributed by atoms with Crippen LogP contribution in [0.2, 0.25) is 0 Å². The van der Waals surface area contributed by atoms with Gasteiger partial charge in [0.25, 0.3) is 5.91 Å². The van der Waals surface area contributed by atoms with Gasteiger partial charge in [0, 0.05) is 69.2 Å². The van der Waals surface area contributed by atoms with Gasteiger partial charge in [-0.1, -0.05) is 18.2 Å². The third kappa shape index (κ3) is 3.74. The number of nitrogens with zero attached hydrogens (tertiary/aromatic N) is 3. The number of hydrogen-bond donors (Lipinski definition) is 1. The van der Waals surface area contributed by atoms with Gasteiger partial charge in [0.15, 0.2) is 0 Å². The molecule has 28 heavy (non-hydrogen) atoms. The number of carbonyl (C=O) groups excluding carboxylic acids is 3. The van der Waals surface area contributed by atoms with Crippen molar-refractivity contribution in [3.8, 4) is 0 Å². The second kappa shape index (κ2) is 8.04. The lowest BCUT2D eigenvalue weighted by Gasteiger charge is -2.34. The van der Waals surface area contributed by atoms with Crippen molar-refractivity contribution in [2.24, 2.45) is 0 Å². The molecule has 2 aliphatic heterocycles. The van der Waals surface area contributed by atoms with Crippen molar-refractivity contribution in [3.63, 3.8) is 0 Å². The highest BCUT2D eigenvalue weighted by Crippen LogP contribution is 2.20. The topological polar surface area (TPSA) is 76.7 Å². The molecule has 0 atom stereocenters. The lowest BCUT2D eigenvalue weighted by molar-refractivity contribution is -0.137. The number of aromatic amines is 1. The van der Waals surface area contributed by atoms with Crippen LogP contribution in [0.3, 0.4) is 0 Å². The molecule has 2 aliphatic rings. The van der Waals surface area contributed by atoms with E-state index in [-0.39, 0.29) is 30.6 Å². The summed E-state index contributed by atoms with van der Waals surface area (Å²) >= 11 is 0. The molecule has 2 saturated heterocycles. The molecule has 148 valence electrons. The molecule has 1 aromatic heterocycles. The first-order valence-electron chi connectivity index (χ1n) is 10.0. The highest BCUT2D eigenvalue weighted by Gasteiger charge is 2.27. The Kier molecular flexibility index (Phi) is 5.32. The maximum Gasteiger partial charge on any atom is 0.256 e. The van der Waals surface area contributed by atoms with Crippen LogP contribution in [0.5, 0.6) is 0 Å². The number of benzene rings is 1. The summed E-state index contributed by atoms with van der Waals surface area (Å²) in [6, 6.07) is 7.75. The zero-order chi connectivity index (χ0) is 19.5. The molecule has 1 aromatic carbocycles. The van der Waals surface area contributed by atoms with Crippen LogP contribution in [0.1, 0.15) is 36.0 Å². The fraction of sp³-hybridized carbons (Fsp3) is 0.476. The van der Waals surface area contributed by atoms with E-state index in [1.807, 2.05) is 29.2 Å². The van der Waals surface area contributed by atoms with Crippen LogP contribution in [0.4, 0.5) is 0 Å². The smallest absolute Gasteiger partial charge is 0.256 e. The van der Waals surface area contributed by atoms with Crippen molar-refractivity contribution < 1.29 is 14.4 Å². The van der Waals surface area contributed by atoms with Crippen molar-refractivity contribution in [1.82, 2.24) is 19.7 Å². The molecule has 0 spiro atoms. The lowest BCUT2D eigenvalue weighted by atomic mass is 10.1. The van der Waals surface area contributed by atoms with Gasteiger partial charge in [0.1, 0.15) is 0 Å². The average molecular weight is 382 g/mol. The number of hydrogen-bond acceptors (Lipinski definition) is 3. The first-order valence-corrected chi connectivity index (χ1v) is 10.0. The number of H-pyrrole nitrogens is 1. The van der Waals surface area contributed by atoms with E-state index in [9.17, 15) is 14.4 Å². The van der Waals surface area contributed by atoms with Gasteiger partial charge in [0.05, 0.1) is 5.56 Å². The van der Waals surface area contributed by atoms with Gasteiger partial charge >= 0.3 is 0 Å². The number of aromatic nitrogens is 1. The zero-order valence-electron chi connectivity index (χ0n) is 16.0. The highest BCUT2D eigenvalue weighted by atomic mass is 16.2. The Labute approximate surface area is 164 Å². The van der Waals surface area contributed by atoms with Crippen molar-refractivity contribution in [3.05, 3.63) is 36.0 Å². The van der Waals surface area contributed by atoms with Crippen molar-refractivity contribution in [1.29, 1.82) is 0 Å². The zero-order valence-corrected chi connectivity index (χ0v) is 16.0. The third-order valence-electron chi connectivity index (χ3n) is 5.75. The van der Waals surface area contributed by atoms with E-state index >= 15 is 0 Å². The van der Waals surface area contributed by atoms with Crippen LogP contribution in [0, 0.1) is 0 Å². The number of fused-ring (bicyclic) bond motifs is 1. The summed E-state index contributed by atoms with van der Waals surface area (Å²) in [5.74, 6) is 0.0829. The number of amides is 3. The van der Waals surface area contributed by atoms with E-state index in [1.165, 1.54) is 0 Å². The molecular weight excluding hydrogens is 356 g/mol. The third-order valence-corrected chi connectivity index (χ3v) is 5.75. The van der Waals surface area contributed by atoms with Gasteiger partial charge in [-0.25, -0.2) is 0 Å². The molecule has 0 saturated carbocycles. The standard InChI is InChI=1S/C21H26N4O3/c26-19(23-9-3-4-10-23)7-8-20(27)24-11-13-25(14-12-24)21(28)17-15-22-18-6-2-1-5-16(17)18/h1-2,5-6,15,22H,3-4,7-14H2. The molecule has 2 aromatic rings. The van der Waals surface area contributed by atoms with Gasteiger partial charge in [-0.2, -0.15) is 0 Å². The van der Waals surface area contributed by atoms with Crippen LogP contribution in [-0.2, 0) is 9.59 Å². The number of piperazine rings is 1. The number of para-hydroxylation sites is 1. The summed E-state index contributed by atoms with van der Waals surface area (Å²) in [5, 5.41) is 0.923. The molecule has 7 heteroatoms. The summed E-state index contributed by atoms with van der Waals surface area (Å²) in [4.78, 5) is 46.0. The van der Waals surface area contributed by atoms with Crippen LogP contribution in [0.25, 0.3) is 10.9 Å². The fourth-order valence-corrected chi connectivity index (χ4v) is 4.07. The molecule has 0 unspecified atom stereocenters. The first kappa shape index (κ1) is 18.5. The largest absolute Gasteiger partial charge is 0.360 e. The summed E-state index contributed by atoms with van der Waals surface area (Å²) < 4.78 is 0. The summed E-state index contributed by atoms with van der Waals surface area (Å²) in [6.45, 7) is 3.72. The van der Waals surface area contributed by atoms with Gasteiger partial charge in [0.2, 0.25) is 11.8 Å². The monoisotopic (exact) mass is 382 g/mol. The van der Waals surface area contributed by atoms with E-state index in [2.05, 4.69) is 4.98 Å². The Bertz CT molecular complexity index is 877. The maximum absolute atomic E-state index is 12.9. The maximum atomic E-state index is 12.9. The van der Waals surface area contributed by atoms with Gasteiger partial charge in [-0.3, -0.25) is 14.4 Å². The second-order valence-corrected chi connectivity index (χ2v) is 7.51. The summed E-state index contributed by atoms with van der Waals surface area (Å²) in [5.41, 5.74) is 1.62. The van der Waals surface area contributed by atoms with E-state index in [0.717, 1.165) is 36.8 Å². The van der Waals surface area contributed by atoms with Crippen LogP contribution < -0.4 is 0 Å². The quantitative estimate of drug-likeness (QED) is 0.877. The van der Waals surface area contributed by atoms with Gasteiger partial charge < -0.3 is 19.7 Å². The number of likely N-dealkylation sites (tertiary alicyclic amines) is 1. The first-order chi connectivity index (χ1) is 13.6. The number of carbonyl (C=O) groups is 3. The second-order valence-electron chi connectivity index (χ2n) is 7.51. The van der Waals surface area contributed by atoms with Crippen molar-refractivity contribution >= 4 is 28.6 Å². The van der Waals surface area contributed by atoms with E-state index in [4.69, 9.17) is 0 Å². The minimum atomic E-state index is -0.00578. The Morgan fingerprint density at radius 2 is 1.36 bits per heavy atom. The SMILES string of the molecule is O=C(CCC(=O)N1CCN(C(=O)c2c[nH]c3ccccc23)CC1)N1CCCC1. The van der Waals surface area contributed by atoms with Gasteiger partial charge in [-0.15, -0.1) is 0 Å². The molecule has 4 rings (SSSR count). The fourth-order valence-electron chi connectivity index (χ4n) is 4.07. The molecule has 0 aliphatic carbocycles. The Hall–Kier alpha value is -2.83. The predicted molar refractivity (Wildman–Crippen MR) is 106 cm³/mol. The Balaban J connectivity index is 1.28. The molecule has 0 bridgehead atoms. The molecule has 1 N–H and O–H groups in total. The van der Waals surface area contributed by atoms with E-state index in [1.54, 1.807) is 16.0 Å². The normalized spacial score (nSPS) is 17.4. The highest BCUT2D eigenvalue weighted by molar-refractivity contribution is 6.06. The van der Waals surface area contributed by atoms with E-state index < -0.39 is 0 Å². The van der Waals surface area contributed by atoms with E-state index in [0.29, 0.717) is 31.7 Å². The Morgan fingerprint density at radius 3 is 2.04 bits per heavy atom. The summed E-state index contributed by atoms with van der Waals surface area (Å²) in [7, 11) is 0. The predicted octanol–water partition coefficient (Wildman–Crippen LogP) is 1.85. The molecule has 2 fully saturated rings. The molecule has 3 amide bonds. The van der Waals surface area contributed by atoms with Gasteiger partial charge in [-0.05, 0) is 18.9 Å². The van der Waals surface area contributed by atoms with Crippen molar-refractivity contribution in [2.75, 3.05) is 39.3 Å². The van der Waals surface area contributed by atoms with Crippen molar-refractivity contribution in [2.45, 2.75) is 25.7 Å². The summed E-state index contributed by atoms with van der Waals surface area (Å²) in [6.07, 6.45) is 4.42.